The van der Waals surface area contributed by atoms with Gasteiger partial charge in [0.2, 0.25) is 0 Å². The number of esters is 1. The van der Waals surface area contributed by atoms with E-state index in [9.17, 15) is 26.4 Å². The molecular weight excluding hydrogens is 291 g/mol. The molecule has 0 radical (unpaired) electrons. The van der Waals surface area contributed by atoms with Gasteiger partial charge in [-0.3, -0.25) is 4.55 Å². The second-order valence-electron chi connectivity index (χ2n) is 3.39. The largest absolute Gasteiger partial charge is 0.461 e. The Morgan fingerprint density at radius 2 is 2.11 bits per heavy atom. The van der Waals surface area contributed by atoms with E-state index in [0.717, 1.165) is 0 Å². The minimum absolute atomic E-state index is 0.153. The summed E-state index contributed by atoms with van der Waals surface area (Å²) in [4.78, 5) is 10.2. The van der Waals surface area contributed by atoms with Crippen molar-refractivity contribution in [2.45, 2.75) is 24.8 Å². The molecule has 0 atom stereocenters. The van der Waals surface area contributed by atoms with Crippen LogP contribution < -0.4 is 0 Å². The van der Waals surface area contributed by atoms with E-state index in [1.165, 1.54) is 6.92 Å². The van der Waals surface area contributed by atoms with E-state index in [1.807, 2.05) is 0 Å². The number of hydrogen-bond donors (Lipinski definition) is 1. The average molecular weight is 301 g/mol. The van der Waals surface area contributed by atoms with Gasteiger partial charge in [0.15, 0.2) is 11.5 Å². The third-order valence-electron chi connectivity index (χ3n) is 2.07. The Hall–Kier alpha value is -1.55. The lowest BCUT2D eigenvalue weighted by atomic mass is 10.4. The van der Waals surface area contributed by atoms with E-state index >= 15 is 0 Å². The van der Waals surface area contributed by atoms with E-state index in [2.05, 4.69) is 4.74 Å². The molecular formula is C9H10F3NO5S. The molecule has 1 N–H and O–H groups in total. The van der Waals surface area contributed by atoms with Crippen molar-refractivity contribution < 1.29 is 35.7 Å². The Kier molecular flexibility index (Phi) is 4.58. The summed E-state index contributed by atoms with van der Waals surface area (Å²) >= 11 is 0. The van der Waals surface area contributed by atoms with Crippen molar-refractivity contribution >= 4 is 16.1 Å². The van der Waals surface area contributed by atoms with E-state index in [1.54, 1.807) is 0 Å². The van der Waals surface area contributed by atoms with Crippen LogP contribution >= 0.6 is 0 Å². The summed E-state index contributed by atoms with van der Waals surface area (Å²) in [5.74, 6) is -2.92. The molecule has 0 saturated heterocycles. The van der Waals surface area contributed by atoms with Gasteiger partial charge in [-0.2, -0.15) is 8.42 Å². The van der Waals surface area contributed by atoms with Gasteiger partial charge in [0.05, 0.1) is 13.2 Å². The quantitative estimate of drug-likeness (QED) is 0.655. The summed E-state index contributed by atoms with van der Waals surface area (Å²) in [6.07, 6.45) is -2.53. The number of aromatic nitrogens is 1. The van der Waals surface area contributed by atoms with Gasteiger partial charge in [0, 0.05) is 6.20 Å². The van der Waals surface area contributed by atoms with Gasteiger partial charge in [0.25, 0.3) is 16.5 Å². The summed E-state index contributed by atoms with van der Waals surface area (Å²) in [7, 11) is -4.97. The Morgan fingerprint density at radius 3 is 2.53 bits per heavy atom. The highest BCUT2D eigenvalue weighted by molar-refractivity contribution is 7.85. The van der Waals surface area contributed by atoms with Crippen molar-refractivity contribution in [1.29, 1.82) is 0 Å². The third kappa shape index (κ3) is 3.47. The molecule has 108 valence electrons. The normalized spacial score (nSPS) is 11.9. The van der Waals surface area contributed by atoms with Gasteiger partial charge in [-0.05, 0) is 6.92 Å². The highest BCUT2D eigenvalue weighted by Gasteiger charge is 2.30. The van der Waals surface area contributed by atoms with E-state index in [4.69, 9.17) is 4.55 Å². The minimum Gasteiger partial charge on any atom is -0.461 e. The second kappa shape index (κ2) is 5.61. The first kappa shape index (κ1) is 15.5. The Labute approximate surface area is 106 Å². The molecule has 0 bridgehead atoms. The molecule has 0 amide bonds. The fourth-order valence-electron chi connectivity index (χ4n) is 1.38. The number of alkyl halides is 2. The summed E-state index contributed by atoms with van der Waals surface area (Å²) in [5, 5.41) is 0. The molecule has 0 aromatic carbocycles. The second-order valence-corrected chi connectivity index (χ2v) is 4.78. The van der Waals surface area contributed by atoms with Crippen molar-refractivity contribution in [3.8, 4) is 0 Å². The summed E-state index contributed by atoms with van der Waals surface area (Å²) in [5.41, 5.74) is -0.977. The van der Waals surface area contributed by atoms with Gasteiger partial charge in [0.1, 0.15) is 4.90 Å². The highest BCUT2D eigenvalue weighted by Crippen LogP contribution is 2.22. The molecule has 1 heterocycles. The number of hydrogen-bond acceptors (Lipinski definition) is 4. The molecule has 1 aromatic rings. The molecule has 0 unspecified atom stereocenters. The number of ether oxygens (including phenoxy) is 1. The lowest BCUT2D eigenvalue weighted by molar-refractivity contribution is 0.0500. The fraction of sp³-hybridized carbons (Fsp3) is 0.444. The molecule has 0 fully saturated rings. The number of rotatable bonds is 5. The van der Waals surface area contributed by atoms with Crippen LogP contribution in [0.5, 0.6) is 0 Å². The van der Waals surface area contributed by atoms with Crippen molar-refractivity contribution in [1.82, 2.24) is 4.57 Å². The summed E-state index contributed by atoms with van der Waals surface area (Å²) in [6.45, 7) is 0.139. The van der Waals surface area contributed by atoms with E-state index < -0.39 is 45.5 Å². The van der Waals surface area contributed by atoms with Gasteiger partial charge in [-0.1, -0.05) is 0 Å². The molecule has 6 nitrogen and oxygen atoms in total. The zero-order valence-corrected chi connectivity index (χ0v) is 10.5. The van der Waals surface area contributed by atoms with E-state index in [0.29, 0.717) is 10.8 Å². The van der Waals surface area contributed by atoms with Crippen LogP contribution in [0.4, 0.5) is 13.2 Å². The number of nitrogens with zero attached hydrogens (tertiary/aromatic N) is 1. The van der Waals surface area contributed by atoms with Crippen LogP contribution in [-0.4, -0.2) is 36.5 Å². The molecule has 0 aliphatic rings. The van der Waals surface area contributed by atoms with Crippen molar-refractivity contribution in [2.24, 2.45) is 0 Å². The van der Waals surface area contributed by atoms with Crippen LogP contribution in [0, 0.1) is 5.82 Å². The fourth-order valence-corrected chi connectivity index (χ4v) is 1.97. The molecule has 0 saturated carbocycles. The van der Waals surface area contributed by atoms with Crippen LogP contribution in [-0.2, 0) is 21.4 Å². The van der Waals surface area contributed by atoms with Gasteiger partial charge >= 0.3 is 5.97 Å². The highest BCUT2D eigenvalue weighted by atomic mass is 32.2. The Morgan fingerprint density at radius 1 is 1.53 bits per heavy atom. The van der Waals surface area contributed by atoms with Crippen LogP contribution in [0.1, 0.15) is 17.4 Å². The predicted octanol–water partition coefficient (Wildman–Crippen LogP) is 1.32. The Bertz CT molecular complexity index is 581. The lowest BCUT2D eigenvalue weighted by Gasteiger charge is -2.07. The molecule has 0 aliphatic carbocycles. The number of carbonyl (C=O) groups is 1. The first-order chi connectivity index (χ1) is 8.68. The monoisotopic (exact) mass is 301 g/mol. The van der Waals surface area contributed by atoms with E-state index in [-0.39, 0.29) is 6.61 Å². The lowest BCUT2D eigenvalue weighted by Crippen LogP contribution is -2.16. The molecule has 10 heteroatoms. The zero-order chi connectivity index (χ0) is 14.8. The van der Waals surface area contributed by atoms with Gasteiger partial charge in [-0.15, -0.1) is 0 Å². The number of halogens is 3. The summed E-state index contributed by atoms with van der Waals surface area (Å²) in [6, 6.07) is 0. The van der Waals surface area contributed by atoms with Crippen LogP contribution in [0.15, 0.2) is 11.1 Å². The molecule has 1 rings (SSSR count). The molecule has 0 spiro atoms. The van der Waals surface area contributed by atoms with Crippen LogP contribution in [0.3, 0.4) is 0 Å². The standard InChI is InChI=1S/C9H10F3NO5S/c1-2-18-9(14)8-7(12)5(19(15,16)17)3-13(8)4-6(10)11/h3,6H,2,4H2,1H3,(H,15,16,17). The average Bonchev–Trinajstić information content (AvgIpc) is 2.54. The number of carbonyl (C=O) groups excluding carboxylic acids is 1. The van der Waals surface area contributed by atoms with Crippen LogP contribution in [0.2, 0.25) is 0 Å². The molecule has 19 heavy (non-hydrogen) atoms. The predicted molar refractivity (Wildman–Crippen MR) is 56.2 cm³/mol. The topological polar surface area (TPSA) is 85.6 Å². The van der Waals surface area contributed by atoms with Crippen LogP contribution in [0.25, 0.3) is 0 Å². The van der Waals surface area contributed by atoms with Crippen molar-refractivity contribution in [3.63, 3.8) is 0 Å². The summed E-state index contributed by atoms with van der Waals surface area (Å²) < 4.78 is 73.5. The minimum atomic E-state index is -4.97. The maximum atomic E-state index is 13.7. The Balaban J connectivity index is 3.40. The smallest absolute Gasteiger partial charge is 0.358 e. The first-order valence-corrected chi connectivity index (χ1v) is 6.43. The first-order valence-electron chi connectivity index (χ1n) is 4.99. The van der Waals surface area contributed by atoms with Gasteiger partial charge in [-0.25, -0.2) is 18.0 Å². The SMILES string of the molecule is CCOC(=O)c1c(F)c(S(=O)(=O)O)cn1CC(F)F. The van der Waals surface area contributed by atoms with Crippen molar-refractivity contribution in [2.75, 3.05) is 6.61 Å². The molecule has 0 aliphatic heterocycles. The van der Waals surface area contributed by atoms with Crippen molar-refractivity contribution in [3.05, 3.63) is 17.7 Å². The van der Waals surface area contributed by atoms with Gasteiger partial charge < -0.3 is 9.30 Å². The molecule has 1 aromatic heterocycles. The maximum Gasteiger partial charge on any atom is 0.358 e. The zero-order valence-electron chi connectivity index (χ0n) is 9.64. The third-order valence-corrected chi connectivity index (χ3v) is 2.91. The maximum absolute atomic E-state index is 13.7.